The Morgan fingerprint density at radius 3 is 2.82 bits per heavy atom. The summed E-state index contributed by atoms with van der Waals surface area (Å²) in [7, 11) is 0. The van der Waals surface area contributed by atoms with Crippen molar-refractivity contribution in [1.29, 1.82) is 0 Å². The zero-order valence-electron chi connectivity index (χ0n) is 9.62. The van der Waals surface area contributed by atoms with Crippen molar-refractivity contribution in [3.8, 4) is 5.75 Å². The Kier molecular flexibility index (Phi) is 4.80. The molecule has 1 aromatic carbocycles. The van der Waals surface area contributed by atoms with E-state index in [0.717, 1.165) is 31.6 Å². The lowest BCUT2D eigenvalue weighted by molar-refractivity contribution is 0.0490. The number of ether oxygens (including phenoxy) is 2. The molecule has 94 valence electrons. The van der Waals surface area contributed by atoms with Gasteiger partial charge in [0.05, 0.1) is 6.61 Å². The van der Waals surface area contributed by atoms with Crippen LogP contribution in [-0.2, 0) is 10.1 Å². The van der Waals surface area contributed by atoms with E-state index in [2.05, 4.69) is 15.9 Å². The summed E-state index contributed by atoms with van der Waals surface area (Å²) in [6.45, 7) is 2.15. The topological polar surface area (TPSA) is 18.5 Å². The molecule has 0 saturated carbocycles. The van der Waals surface area contributed by atoms with Gasteiger partial charge in [-0.3, -0.25) is 0 Å². The number of rotatable bonds is 4. The molecule has 1 fully saturated rings. The summed E-state index contributed by atoms with van der Waals surface area (Å²) < 4.78 is 24.5. The van der Waals surface area contributed by atoms with E-state index in [1.807, 2.05) is 6.07 Å². The molecule has 0 aromatic heterocycles. The Labute approximate surface area is 109 Å². The summed E-state index contributed by atoms with van der Waals surface area (Å²) in [5, 5.41) is 0.605. The van der Waals surface area contributed by atoms with Gasteiger partial charge in [0.2, 0.25) is 0 Å². The number of para-hydroxylation sites is 1. The minimum absolute atomic E-state index is 0.283. The van der Waals surface area contributed by atoms with Crippen molar-refractivity contribution in [3.63, 3.8) is 0 Å². The van der Waals surface area contributed by atoms with Crippen LogP contribution in [-0.4, -0.2) is 19.8 Å². The van der Waals surface area contributed by atoms with Gasteiger partial charge in [0.15, 0.2) is 11.6 Å². The smallest absolute Gasteiger partial charge is 0.165 e. The highest BCUT2D eigenvalue weighted by atomic mass is 79.9. The largest absolute Gasteiger partial charge is 0.490 e. The van der Waals surface area contributed by atoms with Crippen LogP contribution in [0.15, 0.2) is 18.2 Å². The SMILES string of the molecule is Fc1cccc(CBr)c1OCC1CCOCC1. The lowest BCUT2D eigenvalue weighted by atomic mass is 10.0. The fourth-order valence-electron chi connectivity index (χ4n) is 1.93. The summed E-state index contributed by atoms with van der Waals surface area (Å²) >= 11 is 3.34. The van der Waals surface area contributed by atoms with E-state index in [1.165, 1.54) is 6.07 Å². The first-order chi connectivity index (χ1) is 8.31. The quantitative estimate of drug-likeness (QED) is 0.792. The van der Waals surface area contributed by atoms with Gasteiger partial charge in [-0.1, -0.05) is 28.1 Å². The number of halogens is 2. The molecular formula is C13H16BrFO2. The Balaban J connectivity index is 1.97. The molecule has 0 N–H and O–H groups in total. The van der Waals surface area contributed by atoms with E-state index in [0.29, 0.717) is 23.6 Å². The fourth-order valence-corrected chi connectivity index (χ4v) is 2.38. The molecule has 0 atom stereocenters. The van der Waals surface area contributed by atoms with Crippen molar-refractivity contribution in [2.45, 2.75) is 18.2 Å². The molecule has 0 aliphatic carbocycles. The fraction of sp³-hybridized carbons (Fsp3) is 0.538. The van der Waals surface area contributed by atoms with Crippen LogP contribution < -0.4 is 4.74 Å². The Morgan fingerprint density at radius 1 is 1.35 bits per heavy atom. The van der Waals surface area contributed by atoms with Gasteiger partial charge in [-0.25, -0.2) is 4.39 Å². The van der Waals surface area contributed by atoms with Crippen LogP contribution in [0.1, 0.15) is 18.4 Å². The molecule has 0 bridgehead atoms. The van der Waals surface area contributed by atoms with Gasteiger partial charge < -0.3 is 9.47 Å². The number of hydrogen-bond donors (Lipinski definition) is 0. The molecule has 0 unspecified atom stereocenters. The van der Waals surface area contributed by atoms with Gasteiger partial charge in [-0.2, -0.15) is 0 Å². The molecule has 2 rings (SSSR count). The molecule has 1 aliphatic rings. The van der Waals surface area contributed by atoms with E-state index in [4.69, 9.17) is 9.47 Å². The number of benzene rings is 1. The normalized spacial score (nSPS) is 17.1. The highest BCUT2D eigenvalue weighted by Gasteiger charge is 2.16. The molecular weight excluding hydrogens is 287 g/mol. The van der Waals surface area contributed by atoms with Crippen molar-refractivity contribution >= 4 is 15.9 Å². The van der Waals surface area contributed by atoms with Crippen molar-refractivity contribution in [2.75, 3.05) is 19.8 Å². The van der Waals surface area contributed by atoms with E-state index in [-0.39, 0.29) is 5.82 Å². The minimum Gasteiger partial charge on any atom is -0.490 e. The van der Waals surface area contributed by atoms with Crippen molar-refractivity contribution < 1.29 is 13.9 Å². The predicted octanol–water partition coefficient (Wildman–Crippen LogP) is 3.53. The van der Waals surface area contributed by atoms with Crippen LogP contribution in [0, 0.1) is 11.7 Å². The third-order valence-corrected chi connectivity index (χ3v) is 3.60. The average Bonchev–Trinajstić information content (AvgIpc) is 2.38. The third kappa shape index (κ3) is 3.42. The van der Waals surface area contributed by atoms with Gasteiger partial charge in [0.25, 0.3) is 0 Å². The van der Waals surface area contributed by atoms with Gasteiger partial charge in [-0.15, -0.1) is 0 Å². The summed E-state index contributed by atoms with van der Waals surface area (Å²) in [4.78, 5) is 0. The third-order valence-electron chi connectivity index (χ3n) is 3.00. The maximum atomic E-state index is 13.6. The first kappa shape index (κ1) is 12.8. The van der Waals surface area contributed by atoms with Gasteiger partial charge in [-0.05, 0) is 24.8 Å². The molecule has 17 heavy (non-hydrogen) atoms. The highest BCUT2D eigenvalue weighted by molar-refractivity contribution is 9.08. The standard InChI is InChI=1S/C13H16BrFO2/c14-8-11-2-1-3-12(15)13(11)17-9-10-4-6-16-7-5-10/h1-3,10H,4-9H2. The van der Waals surface area contributed by atoms with Crippen LogP contribution in [0.5, 0.6) is 5.75 Å². The monoisotopic (exact) mass is 302 g/mol. The van der Waals surface area contributed by atoms with Gasteiger partial charge >= 0.3 is 0 Å². The van der Waals surface area contributed by atoms with Crippen LogP contribution in [0.2, 0.25) is 0 Å². The second-order valence-corrected chi connectivity index (χ2v) is 4.79. The van der Waals surface area contributed by atoms with Gasteiger partial charge in [0.1, 0.15) is 0 Å². The van der Waals surface area contributed by atoms with Crippen molar-refractivity contribution in [3.05, 3.63) is 29.6 Å². The summed E-state index contributed by atoms with van der Waals surface area (Å²) in [6, 6.07) is 5.01. The molecule has 1 aliphatic heterocycles. The minimum atomic E-state index is -0.283. The van der Waals surface area contributed by atoms with Crippen molar-refractivity contribution in [2.24, 2.45) is 5.92 Å². The highest BCUT2D eigenvalue weighted by Crippen LogP contribution is 2.26. The first-order valence-electron chi connectivity index (χ1n) is 5.85. The number of alkyl halides is 1. The molecule has 1 aromatic rings. The molecule has 0 amide bonds. The predicted molar refractivity (Wildman–Crippen MR) is 68.1 cm³/mol. The molecule has 1 heterocycles. The lowest BCUT2D eigenvalue weighted by Crippen LogP contribution is -2.21. The van der Waals surface area contributed by atoms with E-state index in [9.17, 15) is 4.39 Å². The van der Waals surface area contributed by atoms with Gasteiger partial charge in [0, 0.05) is 24.1 Å². The summed E-state index contributed by atoms with van der Waals surface area (Å²) in [6.07, 6.45) is 2.00. The Morgan fingerprint density at radius 2 is 2.12 bits per heavy atom. The second-order valence-electron chi connectivity index (χ2n) is 4.23. The molecule has 0 radical (unpaired) electrons. The van der Waals surface area contributed by atoms with Crippen LogP contribution in [0.4, 0.5) is 4.39 Å². The van der Waals surface area contributed by atoms with Crippen LogP contribution >= 0.6 is 15.9 Å². The zero-order chi connectivity index (χ0) is 12.1. The lowest BCUT2D eigenvalue weighted by Gasteiger charge is -2.22. The maximum Gasteiger partial charge on any atom is 0.165 e. The zero-order valence-corrected chi connectivity index (χ0v) is 11.2. The average molecular weight is 303 g/mol. The summed E-state index contributed by atoms with van der Waals surface area (Å²) in [5.41, 5.74) is 0.858. The van der Waals surface area contributed by atoms with E-state index < -0.39 is 0 Å². The second kappa shape index (κ2) is 6.36. The first-order valence-corrected chi connectivity index (χ1v) is 6.97. The van der Waals surface area contributed by atoms with Crippen molar-refractivity contribution in [1.82, 2.24) is 0 Å². The Hall–Kier alpha value is -0.610. The number of hydrogen-bond acceptors (Lipinski definition) is 2. The van der Waals surface area contributed by atoms with Crippen LogP contribution in [0.3, 0.4) is 0 Å². The van der Waals surface area contributed by atoms with E-state index in [1.54, 1.807) is 6.07 Å². The summed E-state index contributed by atoms with van der Waals surface area (Å²) in [5.74, 6) is 0.580. The Bertz CT molecular complexity index is 364. The maximum absolute atomic E-state index is 13.6. The molecule has 2 nitrogen and oxygen atoms in total. The molecule has 1 saturated heterocycles. The van der Waals surface area contributed by atoms with E-state index >= 15 is 0 Å². The molecule has 0 spiro atoms. The molecule has 4 heteroatoms. The van der Waals surface area contributed by atoms with Crippen LogP contribution in [0.25, 0.3) is 0 Å².